The zero-order valence-electron chi connectivity index (χ0n) is 14.0. The molecule has 1 atom stereocenters. The van der Waals surface area contributed by atoms with E-state index in [2.05, 4.69) is 25.7 Å². The van der Waals surface area contributed by atoms with Gasteiger partial charge in [0.1, 0.15) is 18.2 Å². The van der Waals surface area contributed by atoms with E-state index in [1.54, 1.807) is 4.68 Å². The molecule has 0 unspecified atom stereocenters. The second-order valence-corrected chi connectivity index (χ2v) is 5.82. The first kappa shape index (κ1) is 16.4. The van der Waals surface area contributed by atoms with Crippen molar-refractivity contribution in [2.75, 3.05) is 25.0 Å². The van der Waals surface area contributed by atoms with Crippen molar-refractivity contribution in [1.82, 2.24) is 25.1 Å². The third kappa shape index (κ3) is 3.88. The summed E-state index contributed by atoms with van der Waals surface area (Å²) in [6.45, 7) is 5.69. The first-order valence-electron chi connectivity index (χ1n) is 8.12. The van der Waals surface area contributed by atoms with Crippen molar-refractivity contribution in [3.8, 4) is 5.82 Å². The van der Waals surface area contributed by atoms with Gasteiger partial charge in [-0.25, -0.2) is 14.6 Å². The van der Waals surface area contributed by atoms with Crippen LogP contribution in [-0.4, -0.2) is 51.5 Å². The van der Waals surface area contributed by atoms with Crippen molar-refractivity contribution in [3.63, 3.8) is 0 Å². The van der Waals surface area contributed by atoms with E-state index in [1.807, 2.05) is 26.0 Å². The van der Waals surface area contributed by atoms with Gasteiger partial charge >= 0.3 is 0 Å². The number of amides is 1. The minimum atomic E-state index is -0.290. The Morgan fingerprint density at radius 1 is 1.33 bits per heavy atom. The summed E-state index contributed by atoms with van der Waals surface area (Å²) in [6.07, 6.45) is 2.96. The lowest BCUT2D eigenvalue weighted by Gasteiger charge is -2.11. The van der Waals surface area contributed by atoms with Crippen LogP contribution in [0.15, 0.2) is 18.5 Å². The molecule has 24 heavy (non-hydrogen) atoms. The minimum absolute atomic E-state index is 0.0414. The van der Waals surface area contributed by atoms with E-state index >= 15 is 0 Å². The summed E-state index contributed by atoms with van der Waals surface area (Å²) >= 11 is 0. The van der Waals surface area contributed by atoms with Gasteiger partial charge in [-0.15, -0.1) is 0 Å². The lowest BCUT2D eigenvalue weighted by molar-refractivity contribution is -0.129. The van der Waals surface area contributed by atoms with Crippen LogP contribution in [0.2, 0.25) is 0 Å². The van der Waals surface area contributed by atoms with Crippen LogP contribution in [0.25, 0.3) is 5.82 Å². The Kier molecular flexibility index (Phi) is 5.05. The van der Waals surface area contributed by atoms with E-state index in [0.29, 0.717) is 31.3 Å². The highest BCUT2D eigenvalue weighted by atomic mass is 16.5. The molecule has 0 radical (unpaired) electrons. The molecule has 0 aromatic carbocycles. The Labute approximate surface area is 140 Å². The maximum absolute atomic E-state index is 11.8. The number of carbonyl (C=O) groups excluding carboxylic acids is 1. The first-order valence-corrected chi connectivity index (χ1v) is 8.12. The van der Waals surface area contributed by atoms with E-state index in [9.17, 15) is 4.79 Å². The number of rotatable bonds is 6. The molecule has 1 fully saturated rings. The Bertz CT molecular complexity index is 708. The van der Waals surface area contributed by atoms with Crippen molar-refractivity contribution in [1.29, 1.82) is 0 Å². The van der Waals surface area contributed by atoms with Crippen LogP contribution in [0.1, 0.15) is 24.2 Å². The monoisotopic (exact) mass is 330 g/mol. The molecule has 128 valence electrons. The number of hydrogen-bond acceptors (Lipinski definition) is 6. The molecule has 0 bridgehead atoms. The van der Waals surface area contributed by atoms with Crippen molar-refractivity contribution in [3.05, 3.63) is 29.8 Å². The average molecular weight is 330 g/mol. The maximum atomic E-state index is 11.8. The second kappa shape index (κ2) is 7.39. The summed E-state index contributed by atoms with van der Waals surface area (Å²) in [4.78, 5) is 20.3. The SMILES string of the molecule is Cc1cc(C)n(-c2cc(NCCNC(=O)[C@@H]3CCCO3)ncn2)n1. The summed E-state index contributed by atoms with van der Waals surface area (Å²) in [6, 6.07) is 3.83. The fourth-order valence-electron chi connectivity index (χ4n) is 2.69. The van der Waals surface area contributed by atoms with Crippen LogP contribution in [0.5, 0.6) is 0 Å². The van der Waals surface area contributed by atoms with Crippen LogP contribution in [0.4, 0.5) is 5.82 Å². The lowest BCUT2D eigenvalue weighted by Crippen LogP contribution is -2.36. The van der Waals surface area contributed by atoms with E-state index in [-0.39, 0.29) is 12.0 Å². The molecule has 0 saturated carbocycles. The Morgan fingerprint density at radius 3 is 2.92 bits per heavy atom. The molecule has 0 aliphatic carbocycles. The molecule has 2 aromatic rings. The molecule has 2 N–H and O–H groups in total. The minimum Gasteiger partial charge on any atom is -0.368 e. The van der Waals surface area contributed by atoms with Crippen molar-refractivity contribution >= 4 is 11.7 Å². The fraction of sp³-hybridized carbons (Fsp3) is 0.500. The molecule has 1 aliphatic heterocycles. The van der Waals surface area contributed by atoms with Gasteiger partial charge in [-0.05, 0) is 32.8 Å². The second-order valence-electron chi connectivity index (χ2n) is 5.82. The van der Waals surface area contributed by atoms with Crippen LogP contribution < -0.4 is 10.6 Å². The Morgan fingerprint density at radius 2 is 2.21 bits per heavy atom. The molecular formula is C16H22N6O2. The number of hydrogen-bond donors (Lipinski definition) is 2. The van der Waals surface area contributed by atoms with Gasteiger partial charge in [0.2, 0.25) is 5.91 Å². The Balaban J connectivity index is 1.51. The average Bonchev–Trinajstić information content (AvgIpc) is 3.21. The third-order valence-corrected chi connectivity index (χ3v) is 3.83. The normalized spacial score (nSPS) is 17.0. The summed E-state index contributed by atoms with van der Waals surface area (Å²) in [7, 11) is 0. The number of anilines is 1. The highest BCUT2D eigenvalue weighted by molar-refractivity contribution is 5.80. The van der Waals surface area contributed by atoms with Gasteiger partial charge in [0.05, 0.1) is 5.69 Å². The summed E-state index contributed by atoms with van der Waals surface area (Å²) in [5.41, 5.74) is 1.96. The largest absolute Gasteiger partial charge is 0.368 e. The molecule has 0 spiro atoms. The fourth-order valence-corrected chi connectivity index (χ4v) is 2.69. The third-order valence-electron chi connectivity index (χ3n) is 3.83. The van der Waals surface area contributed by atoms with Gasteiger partial charge in [0.25, 0.3) is 0 Å². The summed E-state index contributed by atoms with van der Waals surface area (Å²) in [5.74, 6) is 1.36. The van der Waals surface area contributed by atoms with Gasteiger partial charge in [-0.3, -0.25) is 4.79 Å². The number of aromatic nitrogens is 4. The van der Waals surface area contributed by atoms with Crippen LogP contribution in [0, 0.1) is 13.8 Å². The van der Waals surface area contributed by atoms with E-state index < -0.39 is 0 Å². The quantitative estimate of drug-likeness (QED) is 0.767. The highest BCUT2D eigenvalue weighted by Gasteiger charge is 2.22. The molecule has 8 heteroatoms. The molecule has 3 rings (SSSR count). The summed E-state index contributed by atoms with van der Waals surface area (Å²) < 4.78 is 7.12. The van der Waals surface area contributed by atoms with E-state index in [4.69, 9.17) is 4.74 Å². The molecule has 1 aliphatic rings. The topological polar surface area (TPSA) is 94.0 Å². The standard InChI is InChI=1S/C16H22N6O2/c1-11-8-12(2)22(21-11)15-9-14(19-10-20-15)17-5-6-18-16(23)13-4-3-7-24-13/h8-10,13H,3-7H2,1-2H3,(H,18,23)(H,17,19,20)/t13-/m0/s1. The predicted octanol–water partition coefficient (Wildman–Crippen LogP) is 0.986. The molecular weight excluding hydrogens is 308 g/mol. The number of carbonyl (C=O) groups is 1. The van der Waals surface area contributed by atoms with E-state index in [0.717, 1.165) is 24.2 Å². The van der Waals surface area contributed by atoms with Gasteiger partial charge in [0.15, 0.2) is 5.82 Å². The number of nitrogens with one attached hydrogen (secondary N) is 2. The molecule has 3 heterocycles. The Hall–Kier alpha value is -2.48. The molecule has 2 aromatic heterocycles. The zero-order chi connectivity index (χ0) is 16.9. The van der Waals surface area contributed by atoms with Crippen LogP contribution >= 0.6 is 0 Å². The first-order chi connectivity index (χ1) is 11.6. The zero-order valence-corrected chi connectivity index (χ0v) is 14.0. The number of aryl methyl sites for hydroxylation is 2. The van der Waals surface area contributed by atoms with Crippen molar-refractivity contribution in [2.24, 2.45) is 0 Å². The molecule has 1 saturated heterocycles. The van der Waals surface area contributed by atoms with Crippen LogP contribution in [-0.2, 0) is 9.53 Å². The van der Waals surface area contributed by atoms with E-state index in [1.165, 1.54) is 6.33 Å². The van der Waals surface area contributed by atoms with Gasteiger partial charge in [0, 0.05) is 31.5 Å². The molecule has 1 amide bonds. The smallest absolute Gasteiger partial charge is 0.249 e. The van der Waals surface area contributed by atoms with Gasteiger partial charge in [-0.1, -0.05) is 0 Å². The van der Waals surface area contributed by atoms with Crippen molar-refractivity contribution in [2.45, 2.75) is 32.8 Å². The lowest BCUT2D eigenvalue weighted by atomic mass is 10.2. The number of nitrogens with zero attached hydrogens (tertiary/aromatic N) is 4. The molecule has 8 nitrogen and oxygen atoms in total. The predicted molar refractivity (Wildman–Crippen MR) is 89.1 cm³/mol. The van der Waals surface area contributed by atoms with Gasteiger partial charge in [-0.2, -0.15) is 5.10 Å². The maximum Gasteiger partial charge on any atom is 0.249 e. The van der Waals surface area contributed by atoms with Crippen molar-refractivity contribution < 1.29 is 9.53 Å². The highest BCUT2D eigenvalue weighted by Crippen LogP contribution is 2.13. The van der Waals surface area contributed by atoms with Gasteiger partial charge < -0.3 is 15.4 Å². The number of ether oxygens (including phenoxy) is 1. The van der Waals surface area contributed by atoms with Crippen LogP contribution in [0.3, 0.4) is 0 Å². The summed E-state index contributed by atoms with van der Waals surface area (Å²) in [5, 5.41) is 10.5.